The van der Waals surface area contributed by atoms with Crippen molar-refractivity contribution in [3.8, 4) is 0 Å². The van der Waals surface area contributed by atoms with Crippen LogP contribution >= 0.6 is 11.8 Å². The van der Waals surface area contributed by atoms with Crippen LogP contribution in [0.1, 0.15) is 27.2 Å². The predicted octanol–water partition coefficient (Wildman–Crippen LogP) is 3.21. The van der Waals surface area contributed by atoms with E-state index in [1.54, 1.807) is 23.9 Å². The third-order valence-electron chi connectivity index (χ3n) is 3.14. The summed E-state index contributed by atoms with van der Waals surface area (Å²) in [4.78, 5) is 1.49. The van der Waals surface area contributed by atoms with Crippen LogP contribution in [0.2, 0.25) is 0 Å². The molecule has 114 valence electrons. The van der Waals surface area contributed by atoms with Crippen LogP contribution in [0, 0.1) is 5.92 Å². The van der Waals surface area contributed by atoms with Gasteiger partial charge in [0, 0.05) is 22.9 Å². The maximum atomic E-state index is 11.4. The third kappa shape index (κ3) is 5.85. The fourth-order valence-corrected chi connectivity index (χ4v) is 3.62. The van der Waals surface area contributed by atoms with Crippen molar-refractivity contribution < 1.29 is 8.42 Å². The van der Waals surface area contributed by atoms with Gasteiger partial charge in [-0.2, -0.15) is 0 Å². The Balaban J connectivity index is 2.60. The zero-order valence-electron chi connectivity index (χ0n) is 12.7. The summed E-state index contributed by atoms with van der Waals surface area (Å²) in [6.07, 6.45) is 2.37. The van der Waals surface area contributed by atoms with Crippen molar-refractivity contribution in [2.75, 3.05) is 18.6 Å². The van der Waals surface area contributed by atoms with Gasteiger partial charge < -0.3 is 5.32 Å². The topological polar surface area (TPSA) is 46.2 Å². The number of hydrogen-bond donors (Lipinski definition) is 1. The minimum absolute atomic E-state index is 0.381. The van der Waals surface area contributed by atoms with Gasteiger partial charge in [-0.25, -0.2) is 8.42 Å². The number of benzene rings is 1. The van der Waals surface area contributed by atoms with E-state index >= 15 is 0 Å². The van der Waals surface area contributed by atoms with E-state index < -0.39 is 9.84 Å². The van der Waals surface area contributed by atoms with Crippen molar-refractivity contribution in [3.63, 3.8) is 0 Å². The SMILES string of the molecule is CCCNC(CSc1ccc(S(C)(=O)=O)cc1)C(C)C. The molecule has 0 aromatic heterocycles. The Labute approximate surface area is 127 Å². The van der Waals surface area contributed by atoms with Crippen molar-refractivity contribution in [3.05, 3.63) is 24.3 Å². The number of nitrogens with one attached hydrogen (secondary N) is 1. The van der Waals surface area contributed by atoms with Gasteiger partial charge in [-0.05, 0) is 43.1 Å². The summed E-state index contributed by atoms with van der Waals surface area (Å²) in [5.41, 5.74) is 0. The molecule has 0 spiro atoms. The van der Waals surface area contributed by atoms with E-state index in [1.807, 2.05) is 12.1 Å². The number of thioether (sulfide) groups is 1. The highest BCUT2D eigenvalue weighted by atomic mass is 32.2. The molecule has 20 heavy (non-hydrogen) atoms. The molecule has 0 amide bonds. The van der Waals surface area contributed by atoms with Crippen LogP contribution in [0.4, 0.5) is 0 Å². The monoisotopic (exact) mass is 315 g/mol. The molecule has 1 aromatic rings. The highest BCUT2D eigenvalue weighted by molar-refractivity contribution is 7.99. The first-order valence-corrected chi connectivity index (χ1v) is 9.88. The largest absolute Gasteiger partial charge is 0.313 e. The summed E-state index contributed by atoms with van der Waals surface area (Å²) in [6, 6.07) is 7.62. The van der Waals surface area contributed by atoms with Gasteiger partial charge in [0.1, 0.15) is 0 Å². The molecule has 5 heteroatoms. The Morgan fingerprint density at radius 1 is 1.20 bits per heavy atom. The molecule has 1 N–H and O–H groups in total. The molecule has 0 aliphatic heterocycles. The number of sulfone groups is 1. The van der Waals surface area contributed by atoms with Crippen LogP contribution < -0.4 is 5.32 Å². The van der Waals surface area contributed by atoms with Crippen LogP contribution in [0.3, 0.4) is 0 Å². The van der Waals surface area contributed by atoms with Crippen molar-refractivity contribution in [2.24, 2.45) is 5.92 Å². The first-order valence-electron chi connectivity index (χ1n) is 7.01. The summed E-state index contributed by atoms with van der Waals surface area (Å²) in [7, 11) is -3.10. The molecule has 0 radical (unpaired) electrons. The van der Waals surface area contributed by atoms with E-state index in [0.717, 1.165) is 23.6 Å². The number of rotatable bonds is 8. The summed E-state index contributed by atoms with van der Waals surface area (Å²) in [5.74, 6) is 1.58. The quantitative estimate of drug-likeness (QED) is 0.748. The van der Waals surface area contributed by atoms with E-state index in [2.05, 4.69) is 26.1 Å². The standard InChI is InChI=1S/C15H25NO2S2/c1-5-10-16-15(12(2)3)11-19-13-6-8-14(9-7-13)20(4,17)18/h6-9,12,15-16H,5,10-11H2,1-4H3. The van der Waals surface area contributed by atoms with E-state index in [4.69, 9.17) is 0 Å². The van der Waals surface area contributed by atoms with Gasteiger partial charge in [-0.1, -0.05) is 20.8 Å². The first-order chi connectivity index (χ1) is 9.34. The molecule has 0 aliphatic carbocycles. The lowest BCUT2D eigenvalue weighted by Gasteiger charge is -2.21. The molecule has 1 unspecified atom stereocenters. The van der Waals surface area contributed by atoms with Crippen LogP contribution in [-0.4, -0.2) is 33.0 Å². The maximum absolute atomic E-state index is 11.4. The van der Waals surface area contributed by atoms with Crippen molar-refractivity contribution in [2.45, 2.75) is 43.0 Å². The Kier molecular flexibility index (Phi) is 7.06. The molecule has 0 saturated carbocycles. The fourth-order valence-electron chi connectivity index (χ4n) is 1.79. The lowest BCUT2D eigenvalue weighted by atomic mass is 10.1. The predicted molar refractivity (Wildman–Crippen MR) is 87.2 cm³/mol. The van der Waals surface area contributed by atoms with Gasteiger partial charge in [0.25, 0.3) is 0 Å². The minimum Gasteiger partial charge on any atom is -0.313 e. The van der Waals surface area contributed by atoms with Gasteiger partial charge in [0.15, 0.2) is 9.84 Å². The highest BCUT2D eigenvalue weighted by Crippen LogP contribution is 2.22. The summed E-state index contributed by atoms with van der Waals surface area (Å²) >= 11 is 1.77. The number of hydrogen-bond acceptors (Lipinski definition) is 4. The zero-order chi connectivity index (χ0) is 15.2. The van der Waals surface area contributed by atoms with Crippen molar-refractivity contribution in [1.29, 1.82) is 0 Å². The molecule has 1 atom stereocenters. The molecular formula is C15H25NO2S2. The summed E-state index contributed by atoms with van der Waals surface area (Å²) in [5, 5.41) is 3.56. The van der Waals surface area contributed by atoms with E-state index in [1.165, 1.54) is 6.26 Å². The van der Waals surface area contributed by atoms with Gasteiger partial charge in [-0.3, -0.25) is 0 Å². The molecule has 1 aromatic carbocycles. The van der Waals surface area contributed by atoms with Crippen LogP contribution in [0.25, 0.3) is 0 Å². The second-order valence-corrected chi connectivity index (χ2v) is 8.47. The normalized spacial score (nSPS) is 13.7. The highest BCUT2D eigenvalue weighted by Gasteiger charge is 2.13. The minimum atomic E-state index is -3.10. The van der Waals surface area contributed by atoms with Gasteiger partial charge in [0.05, 0.1) is 4.90 Å². The Morgan fingerprint density at radius 2 is 1.80 bits per heavy atom. The van der Waals surface area contributed by atoms with Crippen LogP contribution in [0.15, 0.2) is 34.1 Å². The van der Waals surface area contributed by atoms with Crippen molar-refractivity contribution in [1.82, 2.24) is 5.32 Å². The van der Waals surface area contributed by atoms with Crippen LogP contribution in [-0.2, 0) is 9.84 Å². The van der Waals surface area contributed by atoms with Crippen LogP contribution in [0.5, 0.6) is 0 Å². The molecule has 0 fully saturated rings. The van der Waals surface area contributed by atoms with E-state index in [-0.39, 0.29) is 0 Å². The second kappa shape index (κ2) is 8.05. The van der Waals surface area contributed by atoms with Gasteiger partial charge in [0.2, 0.25) is 0 Å². The van der Waals surface area contributed by atoms with E-state index in [9.17, 15) is 8.42 Å². The summed E-state index contributed by atoms with van der Waals surface area (Å²) < 4.78 is 22.8. The average molecular weight is 316 g/mol. The Morgan fingerprint density at radius 3 is 2.25 bits per heavy atom. The molecular weight excluding hydrogens is 290 g/mol. The Bertz CT molecular complexity index is 495. The average Bonchev–Trinajstić information content (AvgIpc) is 2.38. The second-order valence-electron chi connectivity index (χ2n) is 5.36. The lowest BCUT2D eigenvalue weighted by Crippen LogP contribution is -2.36. The molecule has 3 nitrogen and oxygen atoms in total. The zero-order valence-corrected chi connectivity index (χ0v) is 14.4. The van der Waals surface area contributed by atoms with Crippen molar-refractivity contribution >= 4 is 21.6 Å². The van der Waals surface area contributed by atoms with Gasteiger partial charge in [-0.15, -0.1) is 11.8 Å². The molecule has 0 bridgehead atoms. The molecule has 0 saturated heterocycles. The molecule has 0 heterocycles. The smallest absolute Gasteiger partial charge is 0.175 e. The fraction of sp³-hybridized carbons (Fsp3) is 0.600. The summed E-state index contributed by atoms with van der Waals surface area (Å²) in [6.45, 7) is 7.65. The van der Waals surface area contributed by atoms with E-state index in [0.29, 0.717) is 16.9 Å². The first kappa shape index (κ1) is 17.5. The third-order valence-corrected chi connectivity index (χ3v) is 5.40. The maximum Gasteiger partial charge on any atom is 0.175 e. The Hall–Kier alpha value is -0.520. The molecule has 1 rings (SSSR count). The lowest BCUT2D eigenvalue weighted by molar-refractivity contribution is 0.434. The molecule has 0 aliphatic rings. The van der Waals surface area contributed by atoms with Gasteiger partial charge >= 0.3 is 0 Å².